The minimum Gasteiger partial charge on any atom is -0.343 e. The van der Waals surface area contributed by atoms with Crippen LogP contribution in [-0.2, 0) is 4.79 Å². The van der Waals surface area contributed by atoms with Crippen molar-refractivity contribution in [1.82, 2.24) is 20.1 Å². The summed E-state index contributed by atoms with van der Waals surface area (Å²) in [6.07, 6.45) is 7.98. The summed E-state index contributed by atoms with van der Waals surface area (Å²) in [5.41, 5.74) is 1.92. The lowest BCUT2D eigenvalue weighted by molar-refractivity contribution is -0.115. The van der Waals surface area contributed by atoms with Gasteiger partial charge in [-0.3, -0.25) is 9.59 Å². The third-order valence-corrected chi connectivity index (χ3v) is 4.83. The molecule has 3 aromatic rings. The van der Waals surface area contributed by atoms with Crippen LogP contribution in [0.15, 0.2) is 48.8 Å². The van der Waals surface area contributed by atoms with Crippen molar-refractivity contribution in [1.29, 1.82) is 0 Å². The van der Waals surface area contributed by atoms with Crippen LogP contribution in [0.1, 0.15) is 42.1 Å². The van der Waals surface area contributed by atoms with Crippen molar-refractivity contribution < 1.29 is 9.59 Å². The Hall–Kier alpha value is -3.22. The molecule has 2 N–H and O–H groups in total. The second-order valence-electron chi connectivity index (χ2n) is 6.76. The number of anilines is 1. The number of benzene rings is 1. The van der Waals surface area contributed by atoms with Gasteiger partial charge in [-0.1, -0.05) is 31.0 Å². The van der Waals surface area contributed by atoms with E-state index in [-0.39, 0.29) is 18.4 Å². The van der Waals surface area contributed by atoms with Crippen LogP contribution < -0.4 is 10.6 Å². The van der Waals surface area contributed by atoms with Gasteiger partial charge in [0.1, 0.15) is 0 Å². The number of fused-ring (bicyclic) bond motifs is 1. The van der Waals surface area contributed by atoms with E-state index in [2.05, 4.69) is 20.7 Å². The summed E-state index contributed by atoms with van der Waals surface area (Å²) in [5, 5.41) is 10.7. The maximum absolute atomic E-state index is 12.3. The number of nitrogens with one attached hydrogen (secondary N) is 2. The summed E-state index contributed by atoms with van der Waals surface area (Å²) in [7, 11) is 0. The normalized spacial score (nSPS) is 14.4. The van der Waals surface area contributed by atoms with E-state index in [1.165, 1.54) is 12.8 Å². The molecule has 0 bridgehead atoms. The van der Waals surface area contributed by atoms with Gasteiger partial charge in [0.2, 0.25) is 5.91 Å². The molecule has 0 aliphatic heterocycles. The Morgan fingerprint density at radius 1 is 1.11 bits per heavy atom. The van der Waals surface area contributed by atoms with Gasteiger partial charge in [-0.15, -0.1) is 0 Å². The van der Waals surface area contributed by atoms with E-state index < -0.39 is 0 Å². The number of hydrogen-bond acceptors (Lipinski definition) is 4. The topological polar surface area (TPSA) is 88.9 Å². The SMILES string of the molecule is O=C(CNC(=O)c1cnc2c(cnn2C2CCCC2)c1)Nc1ccccc1. The number of para-hydroxylation sites is 1. The summed E-state index contributed by atoms with van der Waals surface area (Å²) in [6, 6.07) is 11.3. The molecule has 4 rings (SSSR count). The lowest BCUT2D eigenvalue weighted by Crippen LogP contribution is -2.32. The number of amides is 2. The summed E-state index contributed by atoms with van der Waals surface area (Å²) in [6.45, 7) is -0.104. The zero-order valence-electron chi connectivity index (χ0n) is 14.9. The van der Waals surface area contributed by atoms with Crippen LogP contribution in [0.3, 0.4) is 0 Å². The summed E-state index contributed by atoms with van der Waals surface area (Å²) in [4.78, 5) is 28.7. The maximum Gasteiger partial charge on any atom is 0.253 e. The van der Waals surface area contributed by atoms with Crippen molar-refractivity contribution in [2.45, 2.75) is 31.7 Å². The molecule has 2 amide bonds. The highest BCUT2D eigenvalue weighted by atomic mass is 16.2. The molecule has 7 nitrogen and oxygen atoms in total. The molecule has 0 unspecified atom stereocenters. The molecule has 0 saturated heterocycles. The fourth-order valence-corrected chi connectivity index (χ4v) is 3.47. The predicted molar refractivity (Wildman–Crippen MR) is 102 cm³/mol. The second-order valence-corrected chi connectivity index (χ2v) is 6.76. The highest BCUT2D eigenvalue weighted by Crippen LogP contribution is 2.31. The van der Waals surface area contributed by atoms with Gasteiger partial charge in [0.05, 0.1) is 24.3 Å². The number of aromatic nitrogens is 3. The molecule has 7 heteroatoms. The molecule has 0 radical (unpaired) electrons. The molecule has 0 atom stereocenters. The average molecular weight is 363 g/mol. The van der Waals surface area contributed by atoms with Gasteiger partial charge < -0.3 is 10.6 Å². The van der Waals surface area contributed by atoms with Crippen LogP contribution in [0.4, 0.5) is 5.69 Å². The van der Waals surface area contributed by atoms with E-state index in [0.717, 1.165) is 23.9 Å². The summed E-state index contributed by atoms with van der Waals surface area (Å²) < 4.78 is 1.97. The Morgan fingerprint density at radius 3 is 2.67 bits per heavy atom. The van der Waals surface area contributed by atoms with Crippen LogP contribution in [-0.4, -0.2) is 33.1 Å². The van der Waals surface area contributed by atoms with Crippen LogP contribution in [0.5, 0.6) is 0 Å². The van der Waals surface area contributed by atoms with Crippen molar-refractivity contribution >= 4 is 28.5 Å². The minimum atomic E-state index is -0.332. The van der Waals surface area contributed by atoms with Gasteiger partial charge in [0.15, 0.2) is 5.65 Å². The molecule has 27 heavy (non-hydrogen) atoms. The van der Waals surface area contributed by atoms with E-state index in [1.807, 2.05) is 22.9 Å². The molecule has 1 saturated carbocycles. The standard InChI is InChI=1S/C20H21N5O2/c26-18(24-16-6-2-1-3-7-16)13-22-20(27)15-10-14-12-23-25(19(14)21-11-15)17-8-4-5-9-17/h1-3,6-7,10-12,17H,4-5,8-9,13H2,(H,22,27)(H,24,26). The Kier molecular flexibility index (Phi) is 4.82. The Balaban J connectivity index is 1.40. The van der Waals surface area contributed by atoms with Gasteiger partial charge >= 0.3 is 0 Å². The summed E-state index contributed by atoms with van der Waals surface area (Å²) >= 11 is 0. The van der Waals surface area contributed by atoms with Gasteiger partial charge in [-0.05, 0) is 31.0 Å². The Morgan fingerprint density at radius 2 is 1.89 bits per heavy atom. The van der Waals surface area contributed by atoms with E-state index in [1.54, 1.807) is 30.6 Å². The smallest absolute Gasteiger partial charge is 0.253 e. The fraction of sp³-hybridized carbons (Fsp3) is 0.300. The number of hydrogen-bond donors (Lipinski definition) is 2. The van der Waals surface area contributed by atoms with Crippen LogP contribution >= 0.6 is 0 Å². The number of carbonyl (C=O) groups excluding carboxylic acids is 2. The van der Waals surface area contributed by atoms with Crippen LogP contribution in [0.2, 0.25) is 0 Å². The highest BCUT2D eigenvalue weighted by molar-refractivity contribution is 6.00. The third kappa shape index (κ3) is 3.81. The van der Waals surface area contributed by atoms with E-state index in [4.69, 9.17) is 0 Å². The van der Waals surface area contributed by atoms with Crippen LogP contribution in [0.25, 0.3) is 11.0 Å². The van der Waals surface area contributed by atoms with Gasteiger partial charge in [-0.2, -0.15) is 5.10 Å². The number of rotatable bonds is 5. The van der Waals surface area contributed by atoms with Crippen molar-refractivity contribution in [3.8, 4) is 0 Å². The van der Waals surface area contributed by atoms with E-state index in [9.17, 15) is 9.59 Å². The molecule has 1 fully saturated rings. The van der Waals surface area contributed by atoms with Crippen molar-refractivity contribution in [3.63, 3.8) is 0 Å². The number of nitrogens with zero attached hydrogens (tertiary/aromatic N) is 3. The zero-order chi connectivity index (χ0) is 18.6. The number of carbonyl (C=O) groups is 2. The minimum absolute atomic E-state index is 0.104. The first-order valence-electron chi connectivity index (χ1n) is 9.17. The highest BCUT2D eigenvalue weighted by Gasteiger charge is 2.20. The summed E-state index contributed by atoms with van der Waals surface area (Å²) in [5.74, 6) is -0.612. The van der Waals surface area contributed by atoms with Crippen molar-refractivity contribution in [2.24, 2.45) is 0 Å². The monoisotopic (exact) mass is 363 g/mol. The largest absolute Gasteiger partial charge is 0.343 e. The van der Waals surface area contributed by atoms with Crippen LogP contribution in [0, 0.1) is 0 Å². The Labute approximate surface area is 156 Å². The fourth-order valence-electron chi connectivity index (χ4n) is 3.47. The predicted octanol–water partition coefficient (Wildman–Crippen LogP) is 2.91. The lowest BCUT2D eigenvalue weighted by Gasteiger charge is -2.10. The molecule has 1 aliphatic carbocycles. The Bertz CT molecular complexity index is 961. The molecule has 2 aromatic heterocycles. The van der Waals surface area contributed by atoms with Crippen molar-refractivity contribution in [3.05, 3.63) is 54.4 Å². The first-order chi connectivity index (χ1) is 13.2. The molecule has 1 aliphatic rings. The zero-order valence-corrected chi connectivity index (χ0v) is 14.9. The average Bonchev–Trinajstić information content (AvgIpc) is 3.35. The first kappa shape index (κ1) is 17.2. The van der Waals surface area contributed by atoms with Crippen molar-refractivity contribution in [2.75, 3.05) is 11.9 Å². The third-order valence-electron chi connectivity index (χ3n) is 4.83. The maximum atomic E-state index is 12.3. The molecule has 0 spiro atoms. The number of pyridine rings is 1. The molecule has 2 heterocycles. The van der Waals surface area contributed by atoms with E-state index in [0.29, 0.717) is 17.3 Å². The lowest BCUT2D eigenvalue weighted by atomic mass is 10.2. The van der Waals surface area contributed by atoms with E-state index >= 15 is 0 Å². The van der Waals surface area contributed by atoms with Gasteiger partial charge in [-0.25, -0.2) is 9.67 Å². The molecular weight excluding hydrogens is 342 g/mol. The van der Waals surface area contributed by atoms with Gasteiger partial charge in [0.25, 0.3) is 5.91 Å². The first-order valence-corrected chi connectivity index (χ1v) is 9.17. The molecular formula is C20H21N5O2. The second kappa shape index (κ2) is 7.57. The van der Waals surface area contributed by atoms with Gasteiger partial charge in [0, 0.05) is 17.3 Å². The molecule has 138 valence electrons. The quantitative estimate of drug-likeness (QED) is 0.729. The molecule has 1 aromatic carbocycles.